The van der Waals surface area contributed by atoms with Gasteiger partial charge >= 0.3 is 6.09 Å². The molecule has 4 heteroatoms. The van der Waals surface area contributed by atoms with Gasteiger partial charge in [-0.2, -0.15) is 0 Å². The van der Waals surface area contributed by atoms with Crippen LogP contribution in [0.2, 0.25) is 0 Å². The van der Waals surface area contributed by atoms with Crippen LogP contribution in [0, 0.1) is 5.92 Å². The quantitative estimate of drug-likeness (QED) is 0.764. The first-order valence-corrected chi connectivity index (χ1v) is 6.64. The van der Waals surface area contributed by atoms with Gasteiger partial charge in [-0.05, 0) is 52.4 Å². The summed E-state index contributed by atoms with van der Waals surface area (Å²) in [7, 11) is 0. The van der Waals surface area contributed by atoms with Gasteiger partial charge in [0, 0.05) is 12.6 Å². The minimum absolute atomic E-state index is 0.178. The zero-order valence-electron chi connectivity index (χ0n) is 11.1. The van der Waals surface area contributed by atoms with E-state index in [-0.39, 0.29) is 12.1 Å². The van der Waals surface area contributed by atoms with Crippen molar-refractivity contribution in [2.24, 2.45) is 11.7 Å². The Morgan fingerprint density at radius 1 is 1.29 bits per heavy atom. The van der Waals surface area contributed by atoms with Crippen molar-refractivity contribution in [1.29, 1.82) is 0 Å². The Labute approximate surface area is 103 Å². The highest BCUT2D eigenvalue weighted by molar-refractivity contribution is 5.69. The van der Waals surface area contributed by atoms with Crippen LogP contribution in [0.4, 0.5) is 4.79 Å². The second kappa shape index (κ2) is 4.48. The highest BCUT2D eigenvalue weighted by Crippen LogP contribution is 2.39. The molecule has 3 fully saturated rings. The fourth-order valence-electron chi connectivity index (χ4n) is 3.17. The molecule has 2 bridgehead atoms. The van der Waals surface area contributed by atoms with Crippen LogP contribution in [0.15, 0.2) is 0 Å². The second-order valence-electron chi connectivity index (χ2n) is 6.26. The summed E-state index contributed by atoms with van der Waals surface area (Å²) in [6.07, 6.45) is 4.47. The van der Waals surface area contributed by atoms with Crippen LogP contribution in [0.25, 0.3) is 0 Å². The van der Waals surface area contributed by atoms with Gasteiger partial charge in [-0.3, -0.25) is 0 Å². The molecule has 2 aliphatic heterocycles. The van der Waals surface area contributed by atoms with Gasteiger partial charge in [0.2, 0.25) is 0 Å². The second-order valence-corrected chi connectivity index (χ2v) is 6.26. The lowest BCUT2D eigenvalue weighted by atomic mass is 9.75. The molecule has 17 heavy (non-hydrogen) atoms. The maximum atomic E-state index is 12.2. The van der Waals surface area contributed by atoms with Crippen LogP contribution in [0.1, 0.15) is 46.5 Å². The maximum Gasteiger partial charge on any atom is 0.410 e. The molecule has 2 N–H and O–H groups in total. The number of fused-ring (bicyclic) bond motifs is 3. The van der Waals surface area contributed by atoms with Crippen molar-refractivity contribution in [2.75, 3.05) is 6.54 Å². The number of amides is 1. The Hall–Kier alpha value is -0.770. The van der Waals surface area contributed by atoms with Crippen molar-refractivity contribution in [3.05, 3.63) is 0 Å². The average molecular weight is 240 g/mol. The predicted octanol–water partition coefficient (Wildman–Crippen LogP) is 2.12. The van der Waals surface area contributed by atoms with E-state index in [2.05, 4.69) is 0 Å². The third kappa shape index (κ3) is 2.57. The number of hydrogen-bond donors (Lipinski definition) is 1. The molecular weight excluding hydrogens is 216 g/mol. The van der Waals surface area contributed by atoms with Gasteiger partial charge in [0.1, 0.15) is 5.60 Å². The zero-order valence-corrected chi connectivity index (χ0v) is 11.1. The summed E-state index contributed by atoms with van der Waals surface area (Å²) in [6, 6.07) is 0.542. The molecule has 0 aromatic rings. The summed E-state index contributed by atoms with van der Waals surface area (Å²) < 4.78 is 5.49. The van der Waals surface area contributed by atoms with E-state index in [1.165, 1.54) is 12.8 Å². The van der Waals surface area contributed by atoms with Crippen molar-refractivity contribution in [2.45, 2.75) is 64.1 Å². The van der Waals surface area contributed by atoms with E-state index in [0.717, 1.165) is 12.8 Å². The van der Waals surface area contributed by atoms with E-state index in [0.29, 0.717) is 18.5 Å². The summed E-state index contributed by atoms with van der Waals surface area (Å²) in [5.41, 5.74) is 5.41. The molecule has 0 spiro atoms. The third-order valence-corrected chi connectivity index (χ3v) is 3.88. The number of piperidine rings is 2. The molecule has 3 rings (SSSR count). The predicted molar refractivity (Wildman–Crippen MR) is 66.7 cm³/mol. The van der Waals surface area contributed by atoms with E-state index < -0.39 is 5.60 Å². The number of nitrogens with two attached hydrogens (primary N) is 1. The summed E-state index contributed by atoms with van der Waals surface area (Å²) in [6.45, 7) is 6.28. The minimum Gasteiger partial charge on any atom is -0.444 e. The number of carbonyl (C=O) groups is 1. The fourth-order valence-corrected chi connectivity index (χ4v) is 3.17. The topological polar surface area (TPSA) is 55.6 Å². The highest BCUT2D eigenvalue weighted by Gasteiger charge is 2.44. The lowest BCUT2D eigenvalue weighted by molar-refractivity contribution is -0.0382. The fraction of sp³-hybridized carbons (Fsp3) is 0.923. The van der Waals surface area contributed by atoms with Crippen molar-refractivity contribution < 1.29 is 9.53 Å². The first-order valence-electron chi connectivity index (χ1n) is 6.64. The molecule has 1 saturated carbocycles. The smallest absolute Gasteiger partial charge is 0.410 e. The van der Waals surface area contributed by atoms with Crippen LogP contribution in [-0.2, 0) is 4.74 Å². The zero-order chi connectivity index (χ0) is 12.6. The maximum absolute atomic E-state index is 12.2. The normalized spacial score (nSPS) is 32.7. The van der Waals surface area contributed by atoms with Crippen LogP contribution in [0.3, 0.4) is 0 Å². The van der Waals surface area contributed by atoms with Crippen LogP contribution in [-0.4, -0.2) is 35.2 Å². The summed E-state index contributed by atoms with van der Waals surface area (Å²) in [5.74, 6) is 0.581. The number of ether oxygens (including phenoxy) is 1. The van der Waals surface area contributed by atoms with Crippen molar-refractivity contribution in [3.8, 4) is 0 Å². The Morgan fingerprint density at radius 3 is 2.35 bits per heavy atom. The van der Waals surface area contributed by atoms with Crippen molar-refractivity contribution in [3.63, 3.8) is 0 Å². The lowest BCUT2D eigenvalue weighted by Gasteiger charge is -2.50. The SMILES string of the molecule is CC(C)(C)OC(=O)N1C2CCC(CC2)C1CN. The number of carbonyl (C=O) groups excluding carboxylic acids is 1. The third-order valence-electron chi connectivity index (χ3n) is 3.88. The molecule has 4 nitrogen and oxygen atoms in total. The van der Waals surface area contributed by atoms with E-state index in [4.69, 9.17) is 10.5 Å². The monoisotopic (exact) mass is 240 g/mol. The van der Waals surface area contributed by atoms with Gasteiger partial charge in [0.05, 0.1) is 6.04 Å². The highest BCUT2D eigenvalue weighted by atomic mass is 16.6. The molecule has 2 heterocycles. The molecule has 3 aliphatic rings. The standard InChI is InChI=1S/C13H24N2O2/c1-13(2,3)17-12(16)15-10-6-4-9(5-7-10)11(15)8-14/h9-11H,4-8,14H2,1-3H3. The van der Waals surface area contributed by atoms with Gasteiger partial charge in [0.15, 0.2) is 0 Å². The van der Waals surface area contributed by atoms with E-state index >= 15 is 0 Å². The molecule has 2 saturated heterocycles. The number of rotatable bonds is 1. The average Bonchev–Trinajstić information content (AvgIpc) is 2.26. The minimum atomic E-state index is -0.424. The van der Waals surface area contributed by atoms with Gasteiger partial charge in [-0.25, -0.2) is 4.79 Å². The molecule has 1 amide bonds. The Kier molecular flexibility index (Phi) is 3.34. The van der Waals surface area contributed by atoms with Crippen LogP contribution in [0.5, 0.6) is 0 Å². The summed E-state index contributed by atoms with van der Waals surface area (Å²) in [4.78, 5) is 14.1. The van der Waals surface area contributed by atoms with Crippen molar-refractivity contribution in [1.82, 2.24) is 4.90 Å². The number of nitrogens with zero attached hydrogens (tertiary/aromatic N) is 1. The van der Waals surface area contributed by atoms with E-state index in [1.54, 1.807) is 0 Å². The van der Waals surface area contributed by atoms with Gasteiger partial charge in [-0.15, -0.1) is 0 Å². The molecule has 1 unspecified atom stereocenters. The van der Waals surface area contributed by atoms with Gasteiger partial charge in [-0.1, -0.05) is 0 Å². The first kappa shape index (κ1) is 12.7. The molecule has 1 atom stereocenters. The largest absolute Gasteiger partial charge is 0.444 e. The molecule has 0 aromatic carbocycles. The van der Waals surface area contributed by atoms with Crippen LogP contribution < -0.4 is 5.73 Å². The molecular formula is C13H24N2O2. The van der Waals surface area contributed by atoms with Crippen LogP contribution >= 0.6 is 0 Å². The van der Waals surface area contributed by atoms with E-state index in [1.807, 2.05) is 25.7 Å². The molecule has 0 radical (unpaired) electrons. The van der Waals surface area contributed by atoms with Gasteiger partial charge < -0.3 is 15.4 Å². The molecule has 98 valence electrons. The lowest BCUT2D eigenvalue weighted by Crippen LogP contribution is -2.60. The molecule has 1 aliphatic carbocycles. The molecule has 0 aromatic heterocycles. The summed E-state index contributed by atoms with van der Waals surface area (Å²) in [5, 5.41) is 0. The van der Waals surface area contributed by atoms with Gasteiger partial charge in [0.25, 0.3) is 0 Å². The Bertz CT molecular complexity index is 290. The Balaban J connectivity index is 2.10. The number of hydrogen-bond acceptors (Lipinski definition) is 3. The van der Waals surface area contributed by atoms with E-state index in [9.17, 15) is 4.79 Å². The van der Waals surface area contributed by atoms with Crippen molar-refractivity contribution >= 4 is 6.09 Å². The first-order chi connectivity index (χ1) is 7.92. The Morgan fingerprint density at radius 2 is 1.88 bits per heavy atom. The summed E-state index contributed by atoms with van der Waals surface area (Å²) >= 11 is 0.